The van der Waals surface area contributed by atoms with Crippen LogP contribution in [0.25, 0.3) is 0 Å². The van der Waals surface area contributed by atoms with Crippen LogP contribution in [0.4, 0.5) is 0 Å². The maximum Gasteiger partial charge on any atom is 0.236 e. The molecule has 1 aliphatic carbocycles. The van der Waals surface area contributed by atoms with Gasteiger partial charge in [-0.15, -0.1) is 0 Å². The Morgan fingerprint density at radius 2 is 1.74 bits per heavy atom. The number of rotatable bonds is 8. The van der Waals surface area contributed by atoms with Crippen molar-refractivity contribution in [1.29, 1.82) is 0 Å². The van der Waals surface area contributed by atoms with Crippen molar-refractivity contribution in [2.45, 2.75) is 51.6 Å². The first kappa shape index (κ1) is 21.9. The molecular formula is C20H33N3O3S. The number of nitrogens with one attached hydrogen (secondary N) is 2. The van der Waals surface area contributed by atoms with E-state index < -0.39 is 21.7 Å². The summed E-state index contributed by atoms with van der Waals surface area (Å²) in [7, 11) is 0.275. The highest BCUT2D eigenvalue weighted by Gasteiger charge is 2.25. The highest BCUT2D eigenvalue weighted by atomic mass is 32.2. The Morgan fingerprint density at radius 1 is 1.15 bits per heavy atom. The number of likely N-dealkylation sites (N-methyl/N-ethyl adjacent to an activating group) is 1. The standard InChI is InChI=1S/C20H33N3O3S/c1-15-5-9-17(10-6-15)19(23(3)4)13-21-20(24)14-27(25,26)22-18-11-7-16(2)8-12-18/h5-6,9-10,16,18-19,22H,7-8,11-14H2,1-4H3,(H,21,24). The lowest BCUT2D eigenvalue weighted by Crippen LogP contribution is -2.43. The maximum atomic E-state index is 12.3. The molecule has 1 amide bonds. The largest absolute Gasteiger partial charge is 0.353 e. The molecule has 2 rings (SSSR count). The second kappa shape index (κ2) is 9.66. The van der Waals surface area contributed by atoms with Crippen molar-refractivity contribution in [3.8, 4) is 0 Å². The number of nitrogens with zero attached hydrogens (tertiary/aromatic N) is 1. The quantitative estimate of drug-likeness (QED) is 0.707. The molecule has 1 saturated carbocycles. The van der Waals surface area contributed by atoms with Crippen molar-refractivity contribution in [2.75, 3.05) is 26.4 Å². The van der Waals surface area contributed by atoms with Gasteiger partial charge in [0.2, 0.25) is 15.9 Å². The van der Waals surface area contributed by atoms with Gasteiger partial charge in [0.15, 0.2) is 0 Å². The molecule has 152 valence electrons. The first-order chi connectivity index (χ1) is 12.7. The van der Waals surface area contributed by atoms with Crippen LogP contribution in [0.15, 0.2) is 24.3 Å². The molecule has 27 heavy (non-hydrogen) atoms. The van der Waals surface area contributed by atoms with E-state index in [1.54, 1.807) is 0 Å². The zero-order valence-electron chi connectivity index (χ0n) is 16.9. The molecule has 7 heteroatoms. The number of benzene rings is 1. The third kappa shape index (κ3) is 7.24. The van der Waals surface area contributed by atoms with E-state index in [0.29, 0.717) is 12.5 Å². The summed E-state index contributed by atoms with van der Waals surface area (Å²) in [6.45, 7) is 4.58. The minimum atomic E-state index is -3.61. The summed E-state index contributed by atoms with van der Waals surface area (Å²) in [5.74, 6) is -0.336. The number of aryl methyl sites for hydroxylation is 1. The average molecular weight is 396 g/mol. The number of amides is 1. The summed E-state index contributed by atoms with van der Waals surface area (Å²) in [4.78, 5) is 14.2. The molecule has 0 spiro atoms. The van der Waals surface area contributed by atoms with Crippen LogP contribution >= 0.6 is 0 Å². The molecule has 0 aromatic heterocycles. The molecule has 0 aliphatic heterocycles. The van der Waals surface area contributed by atoms with Crippen LogP contribution < -0.4 is 10.0 Å². The van der Waals surface area contributed by atoms with Gasteiger partial charge in [-0.3, -0.25) is 4.79 Å². The van der Waals surface area contributed by atoms with E-state index in [9.17, 15) is 13.2 Å². The van der Waals surface area contributed by atoms with Gasteiger partial charge in [-0.2, -0.15) is 0 Å². The van der Waals surface area contributed by atoms with E-state index in [1.807, 2.05) is 50.2 Å². The fourth-order valence-corrected chi connectivity index (χ4v) is 4.77. The summed E-state index contributed by atoms with van der Waals surface area (Å²) in [6.07, 6.45) is 3.75. The SMILES string of the molecule is Cc1ccc(C(CNC(=O)CS(=O)(=O)NC2CCC(C)CC2)N(C)C)cc1. The highest BCUT2D eigenvalue weighted by Crippen LogP contribution is 2.24. The van der Waals surface area contributed by atoms with E-state index in [0.717, 1.165) is 31.2 Å². The van der Waals surface area contributed by atoms with Crippen molar-refractivity contribution in [3.63, 3.8) is 0 Å². The first-order valence-corrected chi connectivity index (χ1v) is 11.3. The van der Waals surface area contributed by atoms with Gasteiger partial charge in [-0.25, -0.2) is 13.1 Å². The van der Waals surface area contributed by atoms with Crippen LogP contribution in [0.1, 0.15) is 49.8 Å². The molecule has 0 heterocycles. The molecule has 1 unspecified atom stereocenters. The lowest BCUT2D eigenvalue weighted by molar-refractivity contribution is -0.118. The van der Waals surface area contributed by atoms with Gasteiger partial charge < -0.3 is 10.2 Å². The van der Waals surface area contributed by atoms with Crippen LogP contribution in [0.3, 0.4) is 0 Å². The Kier molecular flexibility index (Phi) is 7.82. The Morgan fingerprint density at radius 3 is 2.30 bits per heavy atom. The van der Waals surface area contributed by atoms with Crippen molar-refractivity contribution in [1.82, 2.24) is 14.9 Å². The van der Waals surface area contributed by atoms with Gasteiger partial charge in [-0.1, -0.05) is 36.8 Å². The molecule has 1 fully saturated rings. The van der Waals surface area contributed by atoms with Crippen molar-refractivity contribution < 1.29 is 13.2 Å². The van der Waals surface area contributed by atoms with Crippen molar-refractivity contribution in [2.24, 2.45) is 5.92 Å². The van der Waals surface area contributed by atoms with E-state index in [-0.39, 0.29) is 12.1 Å². The Labute approximate surface area is 163 Å². The first-order valence-electron chi connectivity index (χ1n) is 9.66. The summed E-state index contributed by atoms with van der Waals surface area (Å²) >= 11 is 0. The van der Waals surface area contributed by atoms with Crippen LogP contribution in [0, 0.1) is 12.8 Å². The van der Waals surface area contributed by atoms with Crippen LogP contribution in [0.5, 0.6) is 0 Å². The molecule has 1 atom stereocenters. The average Bonchev–Trinajstić information content (AvgIpc) is 2.57. The lowest BCUT2D eigenvalue weighted by Gasteiger charge is -2.27. The third-order valence-electron chi connectivity index (χ3n) is 5.26. The fraction of sp³-hybridized carbons (Fsp3) is 0.650. The van der Waals surface area contributed by atoms with Gasteiger partial charge >= 0.3 is 0 Å². The van der Waals surface area contributed by atoms with E-state index in [4.69, 9.17) is 0 Å². The zero-order chi connectivity index (χ0) is 20.0. The monoisotopic (exact) mass is 395 g/mol. The highest BCUT2D eigenvalue weighted by molar-refractivity contribution is 7.90. The molecule has 1 aromatic rings. The van der Waals surface area contributed by atoms with E-state index in [2.05, 4.69) is 17.0 Å². The van der Waals surface area contributed by atoms with Gasteiger partial charge in [0.05, 0.1) is 6.04 Å². The van der Waals surface area contributed by atoms with Gasteiger partial charge in [-0.05, 0) is 58.2 Å². The molecule has 0 bridgehead atoms. The minimum Gasteiger partial charge on any atom is -0.353 e. The van der Waals surface area contributed by atoms with Gasteiger partial charge in [0, 0.05) is 12.6 Å². The Balaban J connectivity index is 1.86. The van der Waals surface area contributed by atoms with Crippen molar-refractivity contribution in [3.05, 3.63) is 35.4 Å². The Bertz CT molecular complexity index is 708. The van der Waals surface area contributed by atoms with Gasteiger partial charge in [0.25, 0.3) is 0 Å². The predicted octanol–water partition coefficient (Wildman–Crippen LogP) is 2.21. The summed E-state index contributed by atoms with van der Waals surface area (Å²) in [5, 5.41) is 2.78. The van der Waals surface area contributed by atoms with Crippen LogP contribution in [-0.4, -0.2) is 51.7 Å². The molecule has 6 nitrogen and oxygen atoms in total. The van der Waals surface area contributed by atoms with Crippen LogP contribution in [-0.2, 0) is 14.8 Å². The summed E-state index contributed by atoms with van der Waals surface area (Å²) in [6, 6.07) is 8.09. The Hall–Kier alpha value is -1.44. The predicted molar refractivity (Wildman–Crippen MR) is 109 cm³/mol. The fourth-order valence-electron chi connectivity index (χ4n) is 3.49. The second-order valence-electron chi connectivity index (χ2n) is 8.03. The molecule has 2 N–H and O–H groups in total. The second-order valence-corrected chi connectivity index (χ2v) is 9.78. The molecule has 0 radical (unpaired) electrons. The van der Waals surface area contributed by atoms with Crippen molar-refractivity contribution >= 4 is 15.9 Å². The zero-order valence-corrected chi connectivity index (χ0v) is 17.7. The number of sulfonamides is 1. The molecular weight excluding hydrogens is 362 g/mol. The van der Waals surface area contributed by atoms with E-state index >= 15 is 0 Å². The molecule has 1 aliphatic rings. The lowest BCUT2D eigenvalue weighted by atomic mass is 9.88. The molecule has 0 saturated heterocycles. The number of carbonyl (C=O) groups excluding carboxylic acids is 1. The van der Waals surface area contributed by atoms with Gasteiger partial charge in [0.1, 0.15) is 5.75 Å². The minimum absolute atomic E-state index is 0.00922. The maximum absolute atomic E-state index is 12.3. The van der Waals surface area contributed by atoms with Crippen LogP contribution in [0.2, 0.25) is 0 Å². The summed E-state index contributed by atoms with van der Waals surface area (Å²) < 4.78 is 27.3. The number of carbonyl (C=O) groups is 1. The number of hydrogen-bond donors (Lipinski definition) is 2. The third-order valence-corrected chi connectivity index (χ3v) is 6.60. The summed E-state index contributed by atoms with van der Waals surface area (Å²) in [5.41, 5.74) is 2.26. The van der Waals surface area contributed by atoms with E-state index in [1.165, 1.54) is 5.56 Å². The topological polar surface area (TPSA) is 78.5 Å². The normalized spacial score (nSPS) is 21.8. The molecule has 1 aromatic carbocycles. The smallest absolute Gasteiger partial charge is 0.236 e. The number of hydrogen-bond acceptors (Lipinski definition) is 4.